The minimum Gasteiger partial charge on any atom is -0.495 e. The zero-order valence-electron chi connectivity index (χ0n) is 19.7. The molecule has 0 aliphatic carbocycles. The van der Waals surface area contributed by atoms with Crippen molar-refractivity contribution in [1.82, 2.24) is 10.2 Å². The van der Waals surface area contributed by atoms with Crippen LogP contribution in [-0.4, -0.2) is 57.1 Å². The van der Waals surface area contributed by atoms with Crippen LogP contribution >= 0.6 is 23.2 Å². The van der Waals surface area contributed by atoms with E-state index in [1.807, 2.05) is 0 Å². The van der Waals surface area contributed by atoms with Gasteiger partial charge in [-0.25, -0.2) is 8.42 Å². The number of hydrogen-bond donors (Lipinski definition) is 1. The second-order valence-electron chi connectivity index (χ2n) is 8.04. The Hall–Kier alpha value is -2.49. The van der Waals surface area contributed by atoms with Gasteiger partial charge in [0, 0.05) is 22.6 Å². The fourth-order valence-corrected chi connectivity index (χ4v) is 4.57. The Kier molecular flexibility index (Phi) is 9.61. The molecule has 0 radical (unpaired) electrons. The third-order valence-corrected chi connectivity index (χ3v) is 6.70. The highest BCUT2D eigenvalue weighted by atomic mass is 35.5. The number of methoxy groups -OCH3 is 1. The number of hydrogen-bond acceptors (Lipinski definition) is 5. The van der Waals surface area contributed by atoms with Gasteiger partial charge >= 0.3 is 0 Å². The number of carbonyl (C=O) groups is 2. The van der Waals surface area contributed by atoms with Gasteiger partial charge in [0.2, 0.25) is 21.8 Å². The summed E-state index contributed by atoms with van der Waals surface area (Å²) in [6, 6.07) is 10.3. The van der Waals surface area contributed by atoms with Gasteiger partial charge in [0.25, 0.3) is 0 Å². The molecule has 0 bridgehead atoms. The summed E-state index contributed by atoms with van der Waals surface area (Å²) in [4.78, 5) is 27.6. The molecular weight excluding hydrogens is 501 g/mol. The molecular formula is C23H29Cl2N3O5S. The number of halogens is 2. The zero-order valence-corrected chi connectivity index (χ0v) is 22.0. The molecule has 0 unspecified atom stereocenters. The van der Waals surface area contributed by atoms with Crippen molar-refractivity contribution in [3.8, 4) is 5.75 Å². The van der Waals surface area contributed by atoms with Crippen LogP contribution in [0.4, 0.5) is 5.69 Å². The Balaban J connectivity index is 2.46. The van der Waals surface area contributed by atoms with Gasteiger partial charge in [0.15, 0.2) is 0 Å². The van der Waals surface area contributed by atoms with Crippen LogP contribution in [0, 0.1) is 0 Å². The summed E-state index contributed by atoms with van der Waals surface area (Å²) in [5.41, 5.74) is 0.774. The normalized spacial score (nSPS) is 12.2. The lowest BCUT2D eigenvalue weighted by molar-refractivity contribution is -0.139. The Labute approximate surface area is 210 Å². The highest BCUT2D eigenvalue weighted by molar-refractivity contribution is 7.92. The highest BCUT2D eigenvalue weighted by Crippen LogP contribution is 2.30. The minimum atomic E-state index is -3.87. The molecule has 34 heavy (non-hydrogen) atoms. The number of ether oxygens (including phenoxy) is 1. The van der Waals surface area contributed by atoms with Crippen LogP contribution in [-0.2, 0) is 26.2 Å². The van der Waals surface area contributed by atoms with Crippen LogP contribution in [0.5, 0.6) is 5.75 Å². The van der Waals surface area contributed by atoms with Crippen molar-refractivity contribution in [1.29, 1.82) is 0 Å². The topological polar surface area (TPSA) is 96.0 Å². The zero-order chi connectivity index (χ0) is 25.6. The van der Waals surface area contributed by atoms with Gasteiger partial charge < -0.3 is 15.0 Å². The van der Waals surface area contributed by atoms with E-state index in [0.717, 1.165) is 10.6 Å². The second-order valence-corrected chi connectivity index (χ2v) is 10.8. The SMILES string of the molecule is COc1ccccc1N(CC(=O)N(Cc1ccc(Cl)cc1Cl)[C@H](C)C(=O)NC(C)C)S(C)(=O)=O. The van der Waals surface area contributed by atoms with E-state index in [0.29, 0.717) is 21.4 Å². The van der Waals surface area contributed by atoms with Gasteiger partial charge in [-0.05, 0) is 50.6 Å². The summed E-state index contributed by atoms with van der Waals surface area (Å²) in [6.45, 7) is 4.63. The summed E-state index contributed by atoms with van der Waals surface area (Å²) in [5.74, 6) is -0.677. The molecule has 0 aliphatic heterocycles. The van der Waals surface area contributed by atoms with Gasteiger partial charge in [0.05, 0.1) is 19.1 Å². The van der Waals surface area contributed by atoms with Crippen molar-refractivity contribution in [3.63, 3.8) is 0 Å². The Morgan fingerprint density at radius 1 is 1.09 bits per heavy atom. The molecule has 8 nitrogen and oxygen atoms in total. The Morgan fingerprint density at radius 2 is 1.74 bits per heavy atom. The van der Waals surface area contributed by atoms with E-state index in [-0.39, 0.29) is 24.2 Å². The summed E-state index contributed by atoms with van der Waals surface area (Å²) in [5, 5.41) is 3.53. The highest BCUT2D eigenvalue weighted by Gasteiger charge is 2.31. The van der Waals surface area contributed by atoms with Crippen molar-refractivity contribution in [2.75, 3.05) is 24.2 Å². The number of carbonyl (C=O) groups excluding carboxylic acids is 2. The van der Waals surface area contributed by atoms with Crippen molar-refractivity contribution < 1.29 is 22.7 Å². The van der Waals surface area contributed by atoms with E-state index < -0.39 is 28.5 Å². The number of anilines is 1. The first-order valence-electron chi connectivity index (χ1n) is 10.5. The fourth-order valence-electron chi connectivity index (χ4n) is 3.25. The van der Waals surface area contributed by atoms with E-state index in [9.17, 15) is 18.0 Å². The molecule has 0 aromatic heterocycles. The molecule has 0 saturated carbocycles. The standard InChI is InChI=1S/C23H29Cl2N3O5S/c1-15(2)26-23(30)16(3)27(13-17-10-11-18(24)12-19(17)25)22(29)14-28(34(5,31)32)20-8-6-7-9-21(20)33-4/h6-12,15-16H,13-14H2,1-5H3,(H,26,30)/t16-/m1/s1. The molecule has 2 amide bonds. The van der Waals surface area contributed by atoms with Crippen LogP contribution in [0.2, 0.25) is 10.0 Å². The van der Waals surface area contributed by atoms with Crippen molar-refractivity contribution in [3.05, 3.63) is 58.1 Å². The molecule has 186 valence electrons. The number of benzene rings is 2. The Morgan fingerprint density at radius 3 is 2.29 bits per heavy atom. The van der Waals surface area contributed by atoms with Gasteiger partial charge in [-0.3, -0.25) is 13.9 Å². The largest absolute Gasteiger partial charge is 0.495 e. The minimum absolute atomic E-state index is 0.0228. The second kappa shape index (κ2) is 11.8. The van der Waals surface area contributed by atoms with Crippen molar-refractivity contribution in [2.45, 2.75) is 39.4 Å². The first-order chi connectivity index (χ1) is 15.8. The fraction of sp³-hybridized carbons (Fsp3) is 0.391. The van der Waals surface area contributed by atoms with E-state index in [1.165, 1.54) is 18.1 Å². The average molecular weight is 530 g/mol. The predicted octanol–water partition coefficient (Wildman–Crippen LogP) is 3.71. The molecule has 0 spiro atoms. The summed E-state index contributed by atoms with van der Waals surface area (Å²) >= 11 is 12.3. The monoisotopic (exact) mass is 529 g/mol. The number of para-hydroxylation sites is 2. The smallest absolute Gasteiger partial charge is 0.244 e. The lowest BCUT2D eigenvalue weighted by Gasteiger charge is -2.32. The molecule has 2 aromatic rings. The van der Waals surface area contributed by atoms with Crippen molar-refractivity contribution >= 4 is 50.7 Å². The molecule has 0 aliphatic rings. The number of sulfonamides is 1. The van der Waals surface area contributed by atoms with Gasteiger partial charge in [-0.2, -0.15) is 0 Å². The number of nitrogens with zero attached hydrogens (tertiary/aromatic N) is 2. The molecule has 0 saturated heterocycles. The van der Waals surface area contributed by atoms with Gasteiger partial charge in [-0.15, -0.1) is 0 Å². The average Bonchev–Trinajstić information content (AvgIpc) is 2.75. The van der Waals surface area contributed by atoms with Crippen molar-refractivity contribution in [2.24, 2.45) is 0 Å². The van der Waals surface area contributed by atoms with E-state index in [2.05, 4.69) is 5.32 Å². The van der Waals surface area contributed by atoms with E-state index in [1.54, 1.807) is 57.2 Å². The van der Waals surface area contributed by atoms with E-state index in [4.69, 9.17) is 27.9 Å². The van der Waals surface area contributed by atoms with E-state index >= 15 is 0 Å². The number of nitrogens with one attached hydrogen (secondary N) is 1. The summed E-state index contributed by atoms with van der Waals surface area (Å²) < 4.78 is 31.5. The molecule has 0 heterocycles. The summed E-state index contributed by atoms with van der Waals surface area (Å²) in [6.07, 6.45) is 1.00. The molecule has 2 rings (SSSR count). The first kappa shape index (κ1) is 27.8. The first-order valence-corrected chi connectivity index (χ1v) is 13.1. The maximum atomic E-state index is 13.5. The molecule has 1 atom stereocenters. The lowest BCUT2D eigenvalue weighted by atomic mass is 10.1. The Bertz CT molecular complexity index is 1140. The number of rotatable bonds is 10. The van der Waals surface area contributed by atoms with Crippen LogP contribution in [0.15, 0.2) is 42.5 Å². The van der Waals surface area contributed by atoms with Gasteiger partial charge in [0.1, 0.15) is 18.3 Å². The lowest BCUT2D eigenvalue weighted by Crippen LogP contribution is -2.52. The van der Waals surface area contributed by atoms with Crippen LogP contribution < -0.4 is 14.4 Å². The van der Waals surface area contributed by atoms with Crippen LogP contribution in [0.1, 0.15) is 26.3 Å². The maximum absolute atomic E-state index is 13.5. The molecule has 11 heteroatoms. The molecule has 2 aromatic carbocycles. The number of amides is 2. The molecule has 0 fully saturated rings. The van der Waals surface area contributed by atoms with Crippen LogP contribution in [0.3, 0.4) is 0 Å². The quantitative estimate of drug-likeness (QED) is 0.506. The maximum Gasteiger partial charge on any atom is 0.244 e. The third-order valence-electron chi connectivity index (χ3n) is 4.99. The molecule has 1 N–H and O–H groups in total. The van der Waals surface area contributed by atoms with Crippen LogP contribution in [0.25, 0.3) is 0 Å². The van der Waals surface area contributed by atoms with Gasteiger partial charge in [-0.1, -0.05) is 41.4 Å². The third kappa shape index (κ3) is 7.25. The predicted molar refractivity (Wildman–Crippen MR) is 135 cm³/mol. The summed E-state index contributed by atoms with van der Waals surface area (Å²) in [7, 11) is -2.46.